The molecule has 2 fully saturated rings. The van der Waals surface area contributed by atoms with Crippen molar-refractivity contribution in [3.05, 3.63) is 22.8 Å². The smallest absolute Gasteiger partial charge is 0.225 e. The van der Waals surface area contributed by atoms with E-state index < -0.39 is 0 Å². The SMILES string of the molecule is CC1CCN(C(=O)C2CCN(c3ncc(C#N)cc3Cl)CC2)CC1. The Labute approximate surface area is 148 Å². The molecule has 1 amide bonds. The van der Waals surface area contributed by atoms with E-state index in [4.69, 9.17) is 16.9 Å². The van der Waals surface area contributed by atoms with Crippen LogP contribution in [0, 0.1) is 23.2 Å². The van der Waals surface area contributed by atoms with Gasteiger partial charge >= 0.3 is 0 Å². The molecule has 0 radical (unpaired) electrons. The Hall–Kier alpha value is -1.80. The van der Waals surface area contributed by atoms with Crippen molar-refractivity contribution in [2.75, 3.05) is 31.1 Å². The number of carbonyl (C=O) groups is 1. The lowest BCUT2D eigenvalue weighted by atomic mass is 9.92. The van der Waals surface area contributed by atoms with Gasteiger partial charge in [0.25, 0.3) is 0 Å². The molecule has 24 heavy (non-hydrogen) atoms. The summed E-state index contributed by atoms with van der Waals surface area (Å²) in [5.74, 6) is 1.89. The fourth-order valence-electron chi connectivity index (χ4n) is 3.55. The number of aromatic nitrogens is 1. The summed E-state index contributed by atoms with van der Waals surface area (Å²) in [6, 6.07) is 3.69. The van der Waals surface area contributed by atoms with Gasteiger partial charge in [0.05, 0.1) is 10.6 Å². The lowest BCUT2D eigenvalue weighted by Crippen LogP contribution is -2.45. The number of nitrogens with zero attached hydrogens (tertiary/aromatic N) is 4. The number of amides is 1. The van der Waals surface area contributed by atoms with Crippen molar-refractivity contribution >= 4 is 23.3 Å². The lowest BCUT2D eigenvalue weighted by molar-refractivity contribution is -0.137. The quantitative estimate of drug-likeness (QED) is 0.825. The number of pyridine rings is 1. The molecule has 0 atom stereocenters. The van der Waals surface area contributed by atoms with E-state index in [1.54, 1.807) is 12.3 Å². The van der Waals surface area contributed by atoms with E-state index in [0.717, 1.165) is 57.8 Å². The van der Waals surface area contributed by atoms with Crippen molar-refractivity contribution in [1.29, 1.82) is 5.26 Å². The van der Waals surface area contributed by atoms with Crippen LogP contribution in [-0.4, -0.2) is 42.0 Å². The predicted molar refractivity (Wildman–Crippen MR) is 93.9 cm³/mol. The van der Waals surface area contributed by atoms with E-state index in [-0.39, 0.29) is 5.92 Å². The highest BCUT2D eigenvalue weighted by molar-refractivity contribution is 6.33. The van der Waals surface area contributed by atoms with Crippen LogP contribution in [0.15, 0.2) is 12.3 Å². The van der Waals surface area contributed by atoms with Crippen molar-refractivity contribution in [3.63, 3.8) is 0 Å². The monoisotopic (exact) mass is 346 g/mol. The number of carbonyl (C=O) groups excluding carboxylic acids is 1. The average Bonchev–Trinajstić information content (AvgIpc) is 2.62. The van der Waals surface area contributed by atoms with Crippen LogP contribution in [0.2, 0.25) is 5.02 Å². The Bertz CT molecular complexity index is 641. The minimum absolute atomic E-state index is 0.117. The number of nitriles is 1. The van der Waals surface area contributed by atoms with Gasteiger partial charge in [0.15, 0.2) is 0 Å². The van der Waals surface area contributed by atoms with Crippen molar-refractivity contribution in [2.45, 2.75) is 32.6 Å². The number of halogens is 1. The zero-order chi connectivity index (χ0) is 17.1. The summed E-state index contributed by atoms with van der Waals surface area (Å²) in [6.07, 6.45) is 5.46. The Kier molecular flexibility index (Phi) is 5.25. The third-order valence-electron chi connectivity index (χ3n) is 5.19. The maximum absolute atomic E-state index is 12.7. The third-order valence-corrected chi connectivity index (χ3v) is 5.47. The van der Waals surface area contributed by atoms with Crippen LogP contribution in [-0.2, 0) is 4.79 Å². The molecule has 0 N–H and O–H groups in total. The van der Waals surface area contributed by atoms with Crippen LogP contribution in [0.3, 0.4) is 0 Å². The van der Waals surface area contributed by atoms with E-state index >= 15 is 0 Å². The molecule has 0 bridgehead atoms. The van der Waals surface area contributed by atoms with Gasteiger partial charge in [0.2, 0.25) is 5.91 Å². The Morgan fingerprint density at radius 2 is 1.92 bits per heavy atom. The summed E-state index contributed by atoms with van der Waals surface area (Å²) in [7, 11) is 0. The van der Waals surface area contributed by atoms with Gasteiger partial charge in [-0.05, 0) is 37.7 Å². The van der Waals surface area contributed by atoms with Crippen LogP contribution >= 0.6 is 11.6 Å². The molecule has 128 valence electrons. The van der Waals surface area contributed by atoms with Crippen LogP contribution in [0.25, 0.3) is 0 Å². The molecule has 0 spiro atoms. The van der Waals surface area contributed by atoms with Gasteiger partial charge in [-0.1, -0.05) is 18.5 Å². The normalized spacial score (nSPS) is 20.0. The van der Waals surface area contributed by atoms with E-state index in [2.05, 4.69) is 16.8 Å². The Balaban J connectivity index is 1.58. The summed E-state index contributed by atoms with van der Waals surface area (Å²) in [6.45, 7) is 5.62. The first-order chi connectivity index (χ1) is 11.6. The summed E-state index contributed by atoms with van der Waals surface area (Å²) in [5, 5.41) is 9.40. The molecule has 3 heterocycles. The maximum Gasteiger partial charge on any atom is 0.225 e. The van der Waals surface area contributed by atoms with Crippen molar-refractivity contribution in [2.24, 2.45) is 11.8 Å². The molecule has 3 rings (SSSR count). The van der Waals surface area contributed by atoms with Gasteiger partial charge in [-0.2, -0.15) is 5.26 Å². The number of hydrogen-bond donors (Lipinski definition) is 0. The van der Waals surface area contributed by atoms with Gasteiger partial charge in [0.1, 0.15) is 11.9 Å². The third kappa shape index (κ3) is 3.64. The highest BCUT2D eigenvalue weighted by Gasteiger charge is 2.31. The van der Waals surface area contributed by atoms with Gasteiger partial charge in [-0.25, -0.2) is 4.98 Å². The molecule has 1 aromatic rings. The number of hydrogen-bond acceptors (Lipinski definition) is 4. The summed E-state index contributed by atoms with van der Waals surface area (Å²) in [5.41, 5.74) is 0.466. The highest BCUT2D eigenvalue weighted by atomic mass is 35.5. The molecule has 0 aromatic carbocycles. The summed E-state index contributed by atoms with van der Waals surface area (Å²) >= 11 is 6.25. The predicted octanol–water partition coefficient (Wildman–Crippen LogP) is 3.08. The van der Waals surface area contributed by atoms with Gasteiger partial charge in [-0.15, -0.1) is 0 Å². The zero-order valence-corrected chi connectivity index (χ0v) is 14.8. The Morgan fingerprint density at radius 3 is 2.50 bits per heavy atom. The Morgan fingerprint density at radius 1 is 1.25 bits per heavy atom. The molecule has 2 aliphatic rings. The minimum Gasteiger partial charge on any atom is -0.355 e. The fraction of sp³-hybridized carbons (Fsp3) is 0.611. The zero-order valence-electron chi connectivity index (χ0n) is 14.0. The second kappa shape index (κ2) is 7.40. The van der Waals surface area contributed by atoms with Crippen LogP contribution < -0.4 is 4.90 Å². The molecular weight excluding hydrogens is 324 g/mol. The molecule has 0 saturated carbocycles. The van der Waals surface area contributed by atoms with Crippen LogP contribution in [0.5, 0.6) is 0 Å². The van der Waals surface area contributed by atoms with E-state index in [1.807, 2.05) is 11.0 Å². The van der Waals surface area contributed by atoms with E-state index in [1.165, 1.54) is 0 Å². The van der Waals surface area contributed by atoms with Gasteiger partial charge in [0, 0.05) is 38.3 Å². The minimum atomic E-state index is 0.117. The highest BCUT2D eigenvalue weighted by Crippen LogP contribution is 2.29. The second-order valence-corrected chi connectivity index (χ2v) is 7.32. The molecular formula is C18H23ClN4O. The number of piperidine rings is 2. The maximum atomic E-state index is 12.7. The average molecular weight is 347 g/mol. The standard InChI is InChI=1S/C18H23ClN4O/c1-13-2-6-23(7-3-13)18(24)15-4-8-22(9-5-15)17-16(19)10-14(11-20)12-21-17/h10,12-13,15H,2-9H2,1H3. The molecule has 5 nitrogen and oxygen atoms in total. The second-order valence-electron chi connectivity index (χ2n) is 6.91. The molecule has 2 aliphatic heterocycles. The van der Waals surface area contributed by atoms with Gasteiger partial charge in [-0.3, -0.25) is 4.79 Å². The lowest BCUT2D eigenvalue weighted by Gasteiger charge is -2.37. The molecule has 1 aromatic heterocycles. The number of rotatable bonds is 2. The van der Waals surface area contributed by atoms with E-state index in [9.17, 15) is 4.79 Å². The van der Waals surface area contributed by atoms with Crippen molar-refractivity contribution < 1.29 is 4.79 Å². The molecule has 0 unspecified atom stereocenters. The summed E-state index contributed by atoms with van der Waals surface area (Å²) in [4.78, 5) is 21.2. The van der Waals surface area contributed by atoms with Crippen molar-refractivity contribution in [1.82, 2.24) is 9.88 Å². The van der Waals surface area contributed by atoms with Crippen LogP contribution in [0.1, 0.15) is 38.2 Å². The first-order valence-corrected chi connectivity index (χ1v) is 9.05. The van der Waals surface area contributed by atoms with Gasteiger partial charge < -0.3 is 9.80 Å². The molecule has 2 saturated heterocycles. The fourth-order valence-corrected chi connectivity index (χ4v) is 3.84. The number of anilines is 1. The van der Waals surface area contributed by atoms with Crippen LogP contribution in [0.4, 0.5) is 5.82 Å². The first kappa shape index (κ1) is 17.0. The topological polar surface area (TPSA) is 60.2 Å². The molecule has 0 aliphatic carbocycles. The summed E-state index contributed by atoms with van der Waals surface area (Å²) < 4.78 is 0. The number of likely N-dealkylation sites (tertiary alicyclic amines) is 1. The van der Waals surface area contributed by atoms with E-state index in [0.29, 0.717) is 22.3 Å². The largest absolute Gasteiger partial charge is 0.355 e. The van der Waals surface area contributed by atoms with Crippen molar-refractivity contribution in [3.8, 4) is 6.07 Å². The first-order valence-electron chi connectivity index (χ1n) is 8.68. The molecule has 6 heteroatoms.